The van der Waals surface area contributed by atoms with Crippen molar-refractivity contribution in [2.45, 2.75) is 12.3 Å². The van der Waals surface area contributed by atoms with Gasteiger partial charge < -0.3 is 5.11 Å². The third-order valence-electron chi connectivity index (χ3n) is 2.68. The maximum absolute atomic E-state index is 11.0. The zero-order chi connectivity index (χ0) is 11.7. The smallest absolute Gasteiger partial charge is 0.411 e. The minimum Gasteiger partial charge on any atom is -0.465 e. The summed E-state index contributed by atoms with van der Waals surface area (Å²) in [5.74, 6) is -0.219. The number of hydrogen-bond acceptors (Lipinski definition) is 2. The van der Waals surface area contributed by atoms with Crippen LogP contribution in [0.25, 0.3) is 0 Å². The molecule has 1 N–H and O–H groups in total. The Balaban J connectivity index is 2.53. The van der Waals surface area contributed by atoms with Crippen LogP contribution >= 0.6 is 15.9 Å². The van der Waals surface area contributed by atoms with Gasteiger partial charge in [0.15, 0.2) is 0 Å². The number of rotatable bonds is 0. The summed E-state index contributed by atoms with van der Waals surface area (Å²) in [4.78, 5) is 12.3. The van der Waals surface area contributed by atoms with Gasteiger partial charge in [-0.25, -0.2) is 4.79 Å². The van der Waals surface area contributed by atoms with Gasteiger partial charge in [0.2, 0.25) is 0 Å². The van der Waals surface area contributed by atoms with E-state index in [9.17, 15) is 4.79 Å². The second kappa shape index (κ2) is 4.14. The van der Waals surface area contributed by atoms with E-state index in [1.54, 1.807) is 12.1 Å². The van der Waals surface area contributed by atoms with Gasteiger partial charge in [0.05, 0.1) is 17.7 Å². The Morgan fingerprint density at radius 2 is 2.38 bits per heavy atom. The lowest BCUT2D eigenvalue weighted by Gasteiger charge is -2.29. The van der Waals surface area contributed by atoms with Crippen LogP contribution in [-0.4, -0.2) is 17.7 Å². The van der Waals surface area contributed by atoms with Crippen molar-refractivity contribution in [2.75, 3.05) is 11.4 Å². The Kier molecular flexibility index (Phi) is 2.84. The highest BCUT2D eigenvalue weighted by Gasteiger charge is 2.28. The van der Waals surface area contributed by atoms with Gasteiger partial charge in [0.25, 0.3) is 0 Å². The summed E-state index contributed by atoms with van der Waals surface area (Å²) in [6.07, 6.45) is -0.424. The third-order valence-corrected chi connectivity index (χ3v) is 3.18. The summed E-state index contributed by atoms with van der Waals surface area (Å²) in [6.45, 7) is 0.377. The van der Waals surface area contributed by atoms with Gasteiger partial charge in [-0.1, -0.05) is 15.9 Å². The van der Waals surface area contributed by atoms with E-state index in [-0.39, 0.29) is 5.92 Å². The fraction of sp³-hybridized carbons (Fsp3) is 0.273. The number of carbonyl (C=O) groups is 1. The molecule has 1 amide bonds. The van der Waals surface area contributed by atoms with Gasteiger partial charge in [-0.2, -0.15) is 5.26 Å². The van der Waals surface area contributed by atoms with Crippen molar-refractivity contribution in [1.82, 2.24) is 0 Å². The van der Waals surface area contributed by atoms with Gasteiger partial charge in [-0.15, -0.1) is 0 Å². The maximum Gasteiger partial charge on any atom is 0.411 e. The van der Waals surface area contributed by atoms with Crippen LogP contribution in [0, 0.1) is 11.3 Å². The standard InChI is InChI=1S/C11H9BrN2O2/c12-8-1-2-10-9(5-8)7(6-13)3-4-14(10)11(15)16/h1-2,5,7H,3-4H2,(H,15,16). The van der Waals surface area contributed by atoms with Crippen LogP contribution in [0.15, 0.2) is 22.7 Å². The number of nitriles is 1. The normalized spacial score (nSPS) is 18.8. The summed E-state index contributed by atoms with van der Waals surface area (Å²) < 4.78 is 0.860. The van der Waals surface area contributed by atoms with E-state index in [2.05, 4.69) is 22.0 Å². The molecule has 2 rings (SSSR count). The number of hydrogen-bond donors (Lipinski definition) is 1. The van der Waals surface area contributed by atoms with Gasteiger partial charge >= 0.3 is 6.09 Å². The molecule has 1 heterocycles. The third kappa shape index (κ3) is 1.76. The first kappa shape index (κ1) is 11.0. The molecule has 0 spiro atoms. The molecular formula is C11H9BrN2O2. The van der Waals surface area contributed by atoms with Gasteiger partial charge in [0.1, 0.15) is 0 Å². The van der Waals surface area contributed by atoms with E-state index >= 15 is 0 Å². The fourth-order valence-electron chi connectivity index (χ4n) is 1.92. The van der Waals surface area contributed by atoms with Gasteiger partial charge in [0, 0.05) is 11.0 Å². The summed E-state index contributed by atoms with van der Waals surface area (Å²) in [7, 11) is 0. The summed E-state index contributed by atoms with van der Waals surface area (Å²) in [5.41, 5.74) is 1.40. The van der Waals surface area contributed by atoms with Crippen LogP contribution < -0.4 is 4.90 Å². The van der Waals surface area contributed by atoms with Crippen LogP contribution in [-0.2, 0) is 0 Å². The molecule has 0 saturated heterocycles. The van der Waals surface area contributed by atoms with Crippen LogP contribution in [0.1, 0.15) is 17.9 Å². The van der Waals surface area contributed by atoms with Crippen LogP contribution in [0.2, 0.25) is 0 Å². The topological polar surface area (TPSA) is 64.3 Å². The Morgan fingerprint density at radius 3 is 3.00 bits per heavy atom. The second-order valence-electron chi connectivity index (χ2n) is 3.61. The number of anilines is 1. The molecule has 1 aromatic rings. The molecular weight excluding hydrogens is 272 g/mol. The maximum atomic E-state index is 11.0. The minimum absolute atomic E-state index is 0.219. The first-order valence-electron chi connectivity index (χ1n) is 4.83. The zero-order valence-corrected chi connectivity index (χ0v) is 9.94. The van der Waals surface area contributed by atoms with Crippen LogP contribution in [0.3, 0.4) is 0 Å². The monoisotopic (exact) mass is 280 g/mol. The molecule has 0 aromatic heterocycles. The first-order valence-corrected chi connectivity index (χ1v) is 5.62. The molecule has 16 heavy (non-hydrogen) atoms. The molecule has 0 aliphatic carbocycles. The lowest BCUT2D eigenvalue weighted by molar-refractivity contribution is 0.201. The lowest BCUT2D eigenvalue weighted by Crippen LogP contribution is -2.35. The summed E-state index contributed by atoms with van der Waals surface area (Å²) >= 11 is 3.33. The van der Waals surface area contributed by atoms with E-state index in [4.69, 9.17) is 10.4 Å². The molecule has 0 radical (unpaired) electrons. The van der Waals surface area contributed by atoms with E-state index in [1.165, 1.54) is 4.90 Å². The number of halogens is 1. The molecule has 4 nitrogen and oxygen atoms in total. The first-order chi connectivity index (χ1) is 7.63. The molecule has 1 aliphatic heterocycles. The lowest BCUT2D eigenvalue weighted by atomic mass is 9.91. The predicted molar refractivity (Wildman–Crippen MR) is 62.5 cm³/mol. The number of nitrogens with zero attached hydrogens (tertiary/aromatic N) is 2. The Hall–Kier alpha value is -1.54. The SMILES string of the molecule is N#CC1CCN(C(=O)O)c2ccc(Br)cc21. The molecule has 1 aromatic carbocycles. The average Bonchev–Trinajstić information content (AvgIpc) is 2.27. The van der Waals surface area contributed by atoms with E-state index in [0.29, 0.717) is 18.7 Å². The largest absolute Gasteiger partial charge is 0.465 e. The zero-order valence-electron chi connectivity index (χ0n) is 8.35. The highest BCUT2D eigenvalue weighted by molar-refractivity contribution is 9.10. The number of benzene rings is 1. The summed E-state index contributed by atoms with van der Waals surface area (Å²) in [6, 6.07) is 7.54. The Bertz CT molecular complexity index is 481. The fourth-order valence-corrected chi connectivity index (χ4v) is 2.30. The molecule has 0 saturated carbocycles. The van der Waals surface area contributed by atoms with Gasteiger partial charge in [-0.3, -0.25) is 4.90 Å². The molecule has 1 atom stereocenters. The van der Waals surface area contributed by atoms with E-state index in [0.717, 1.165) is 10.0 Å². The van der Waals surface area contributed by atoms with Crippen LogP contribution in [0.5, 0.6) is 0 Å². The van der Waals surface area contributed by atoms with E-state index in [1.807, 2.05) is 6.07 Å². The van der Waals surface area contributed by atoms with Crippen molar-refractivity contribution in [3.8, 4) is 6.07 Å². The highest BCUT2D eigenvalue weighted by Crippen LogP contribution is 2.36. The Labute approximate surface area is 101 Å². The van der Waals surface area contributed by atoms with Crippen molar-refractivity contribution in [3.63, 3.8) is 0 Å². The van der Waals surface area contributed by atoms with Crippen molar-refractivity contribution < 1.29 is 9.90 Å². The van der Waals surface area contributed by atoms with E-state index < -0.39 is 6.09 Å². The van der Waals surface area contributed by atoms with Crippen molar-refractivity contribution in [3.05, 3.63) is 28.2 Å². The predicted octanol–water partition coefficient (Wildman–Crippen LogP) is 2.94. The Morgan fingerprint density at radius 1 is 1.62 bits per heavy atom. The number of carboxylic acid groups (broad SMARTS) is 1. The molecule has 82 valence electrons. The van der Waals surface area contributed by atoms with Crippen molar-refractivity contribution in [1.29, 1.82) is 5.26 Å². The summed E-state index contributed by atoms with van der Waals surface area (Å²) in [5, 5.41) is 18.1. The van der Waals surface area contributed by atoms with Crippen molar-refractivity contribution in [2.24, 2.45) is 0 Å². The van der Waals surface area contributed by atoms with Crippen LogP contribution in [0.4, 0.5) is 10.5 Å². The quantitative estimate of drug-likeness (QED) is 0.795. The average molecular weight is 281 g/mol. The number of amides is 1. The molecule has 1 aliphatic rings. The molecule has 5 heteroatoms. The number of fused-ring (bicyclic) bond motifs is 1. The minimum atomic E-state index is -0.972. The molecule has 0 bridgehead atoms. The molecule has 1 unspecified atom stereocenters. The van der Waals surface area contributed by atoms with Crippen molar-refractivity contribution >= 4 is 27.7 Å². The molecule has 0 fully saturated rings. The highest BCUT2D eigenvalue weighted by atomic mass is 79.9. The van der Waals surface area contributed by atoms with Gasteiger partial charge in [-0.05, 0) is 30.2 Å². The second-order valence-corrected chi connectivity index (χ2v) is 4.52.